The van der Waals surface area contributed by atoms with E-state index in [0.717, 1.165) is 5.69 Å². The molecule has 0 bridgehead atoms. The van der Waals surface area contributed by atoms with Gasteiger partial charge in [0.2, 0.25) is 0 Å². The van der Waals surface area contributed by atoms with E-state index in [9.17, 15) is 14.9 Å². The molecular weight excluding hydrogens is 330 g/mol. The third-order valence-corrected chi connectivity index (χ3v) is 4.37. The van der Waals surface area contributed by atoms with Crippen molar-refractivity contribution in [1.82, 2.24) is 4.90 Å². The lowest BCUT2D eigenvalue weighted by molar-refractivity contribution is -0.384. The van der Waals surface area contributed by atoms with Crippen LogP contribution >= 0.6 is 11.6 Å². The Morgan fingerprint density at radius 3 is 2.29 bits per heavy atom. The van der Waals surface area contributed by atoms with Crippen molar-refractivity contribution in [3.05, 3.63) is 69.2 Å². The van der Waals surface area contributed by atoms with Crippen LogP contribution < -0.4 is 4.90 Å². The average Bonchev–Trinajstić information content (AvgIpc) is 2.62. The first-order chi connectivity index (χ1) is 11.6. The maximum Gasteiger partial charge on any atom is 0.271 e. The normalized spacial score (nSPS) is 14.5. The number of carbonyl (C=O) groups is 1. The van der Waals surface area contributed by atoms with Crippen molar-refractivity contribution in [1.29, 1.82) is 0 Å². The number of amides is 1. The van der Waals surface area contributed by atoms with Crippen LogP contribution in [0.2, 0.25) is 5.02 Å². The number of nitro benzene ring substituents is 1. The molecule has 0 N–H and O–H groups in total. The van der Waals surface area contributed by atoms with Gasteiger partial charge in [-0.15, -0.1) is 0 Å². The van der Waals surface area contributed by atoms with Crippen LogP contribution in [0.15, 0.2) is 48.5 Å². The second-order valence-corrected chi connectivity index (χ2v) is 5.95. The Kier molecular flexibility index (Phi) is 4.66. The fourth-order valence-electron chi connectivity index (χ4n) is 2.78. The van der Waals surface area contributed by atoms with Gasteiger partial charge in [0.25, 0.3) is 11.6 Å². The summed E-state index contributed by atoms with van der Waals surface area (Å²) in [6, 6.07) is 13.7. The standard InChI is InChI=1S/C17H16ClN3O3/c18-15-12-14(21(23)24)6-7-16(15)19-8-10-20(11-9-19)17(22)13-4-2-1-3-5-13/h1-7,12H,8-11H2. The largest absolute Gasteiger partial charge is 0.367 e. The van der Waals surface area contributed by atoms with Crippen molar-refractivity contribution in [2.24, 2.45) is 0 Å². The van der Waals surface area contributed by atoms with Gasteiger partial charge in [-0.2, -0.15) is 0 Å². The van der Waals surface area contributed by atoms with Crippen molar-refractivity contribution >= 4 is 28.9 Å². The molecule has 1 aliphatic rings. The Morgan fingerprint density at radius 2 is 1.71 bits per heavy atom. The van der Waals surface area contributed by atoms with E-state index in [1.165, 1.54) is 12.1 Å². The molecule has 124 valence electrons. The Labute approximate surface area is 144 Å². The van der Waals surface area contributed by atoms with E-state index in [-0.39, 0.29) is 11.6 Å². The highest BCUT2D eigenvalue weighted by atomic mass is 35.5. The van der Waals surface area contributed by atoms with E-state index in [1.54, 1.807) is 6.07 Å². The summed E-state index contributed by atoms with van der Waals surface area (Å²) in [7, 11) is 0. The molecule has 0 radical (unpaired) electrons. The second kappa shape index (κ2) is 6.88. The first-order valence-electron chi connectivity index (χ1n) is 7.59. The van der Waals surface area contributed by atoms with E-state index in [1.807, 2.05) is 40.1 Å². The number of hydrogen-bond donors (Lipinski definition) is 0. The third kappa shape index (κ3) is 3.33. The summed E-state index contributed by atoms with van der Waals surface area (Å²) in [5.41, 5.74) is 1.41. The van der Waals surface area contributed by atoms with E-state index in [0.29, 0.717) is 36.8 Å². The van der Waals surface area contributed by atoms with Crippen LogP contribution in [0.4, 0.5) is 11.4 Å². The van der Waals surface area contributed by atoms with Gasteiger partial charge < -0.3 is 9.80 Å². The van der Waals surface area contributed by atoms with Gasteiger partial charge in [-0.05, 0) is 18.2 Å². The molecule has 1 amide bonds. The summed E-state index contributed by atoms with van der Waals surface area (Å²) in [6.45, 7) is 2.44. The highest BCUT2D eigenvalue weighted by molar-refractivity contribution is 6.33. The minimum Gasteiger partial charge on any atom is -0.367 e. The highest BCUT2D eigenvalue weighted by Crippen LogP contribution is 2.30. The van der Waals surface area contributed by atoms with Crippen molar-refractivity contribution < 1.29 is 9.72 Å². The molecule has 0 spiro atoms. The van der Waals surface area contributed by atoms with E-state index >= 15 is 0 Å². The molecule has 0 aromatic heterocycles. The number of rotatable bonds is 3. The summed E-state index contributed by atoms with van der Waals surface area (Å²) in [4.78, 5) is 26.6. The molecule has 2 aromatic carbocycles. The quantitative estimate of drug-likeness (QED) is 0.633. The Balaban J connectivity index is 1.67. The topological polar surface area (TPSA) is 66.7 Å². The van der Waals surface area contributed by atoms with Crippen LogP contribution in [0.3, 0.4) is 0 Å². The fraction of sp³-hybridized carbons (Fsp3) is 0.235. The average molecular weight is 346 g/mol. The lowest BCUT2D eigenvalue weighted by Gasteiger charge is -2.36. The maximum absolute atomic E-state index is 12.4. The van der Waals surface area contributed by atoms with Crippen molar-refractivity contribution in [3.8, 4) is 0 Å². The van der Waals surface area contributed by atoms with Crippen LogP contribution in [0.5, 0.6) is 0 Å². The second-order valence-electron chi connectivity index (χ2n) is 5.54. The number of anilines is 1. The lowest BCUT2D eigenvalue weighted by atomic mass is 10.1. The lowest BCUT2D eigenvalue weighted by Crippen LogP contribution is -2.48. The fourth-order valence-corrected chi connectivity index (χ4v) is 3.07. The molecular formula is C17H16ClN3O3. The molecule has 0 unspecified atom stereocenters. The van der Waals surface area contributed by atoms with E-state index < -0.39 is 4.92 Å². The van der Waals surface area contributed by atoms with Gasteiger partial charge in [0, 0.05) is 43.9 Å². The molecule has 24 heavy (non-hydrogen) atoms. The summed E-state index contributed by atoms with van der Waals surface area (Å²) in [6.07, 6.45) is 0. The van der Waals surface area contributed by atoms with Gasteiger partial charge in [-0.1, -0.05) is 29.8 Å². The van der Waals surface area contributed by atoms with Gasteiger partial charge in [0.1, 0.15) is 0 Å². The molecule has 2 aromatic rings. The predicted molar refractivity (Wildman–Crippen MR) is 92.7 cm³/mol. The van der Waals surface area contributed by atoms with Gasteiger partial charge in [0.05, 0.1) is 15.6 Å². The number of nitrogens with zero attached hydrogens (tertiary/aromatic N) is 3. The molecule has 1 fully saturated rings. The van der Waals surface area contributed by atoms with Gasteiger partial charge in [-0.3, -0.25) is 14.9 Å². The smallest absolute Gasteiger partial charge is 0.271 e. The summed E-state index contributed by atoms with van der Waals surface area (Å²) < 4.78 is 0. The number of halogens is 1. The Hall–Kier alpha value is -2.60. The molecule has 0 atom stereocenters. The van der Waals surface area contributed by atoms with E-state index in [4.69, 9.17) is 11.6 Å². The summed E-state index contributed by atoms with van der Waals surface area (Å²) >= 11 is 6.17. The Morgan fingerprint density at radius 1 is 1.04 bits per heavy atom. The van der Waals surface area contributed by atoms with Crippen LogP contribution in [-0.4, -0.2) is 41.9 Å². The number of hydrogen-bond acceptors (Lipinski definition) is 4. The number of benzene rings is 2. The van der Waals surface area contributed by atoms with Crippen molar-refractivity contribution in [2.75, 3.05) is 31.1 Å². The number of nitro groups is 1. The van der Waals surface area contributed by atoms with Gasteiger partial charge >= 0.3 is 0 Å². The van der Waals surface area contributed by atoms with Gasteiger partial charge in [-0.25, -0.2) is 0 Å². The Bertz CT molecular complexity index is 759. The van der Waals surface area contributed by atoms with Crippen molar-refractivity contribution in [3.63, 3.8) is 0 Å². The number of non-ortho nitro benzene ring substituents is 1. The van der Waals surface area contributed by atoms with Gasteiger partial charge in [0.15, 0.2) is 0 Å². The summed E-state index contributed by atoms with van der Waals surface area (Å²) in [5, 5.41) is 11.1. The molecule has 7 heteroatoms. The van der Waals surface area contributed by atoms with Crippen LogP contribution in [0.1, 0.15) is 10.4 Å². The minimum absolute atomic E-state index is 0.0186. The third-order valence-electron chi connectivity index (χ3n) is 4.07. The summed E-state index contributed by atoms with van der Waals surface area (Å²) in [5.74, 6) is 0.0186. The highest BCUT2D eigenvalue weighted by Gasteiger charge is 2.23. The molecule has 0 aliphatic carbocycles. The predicted octanol–water partition coefficient (Wildman–Crippen LogP) is 3.21. The van der Waals surface area contributed by atoms with Crippen LogP contribution in [0, 0.1) is 10.1 Å². The van der Waals surface area contributed by atoms with Crippen LogP contribution in [0.25, 0.3) is 0 Å². The van der Waals surface area contributed by atoms with Crippen molar-refractivity contribution in [2.45, 2.75) is 0 Å². The number of piperazine rings is 1. The molecule has 0 saturated carbocycles. The molecule has 1 saturated heterocycles. The minimum atomic E-state index is -0.466. The zero-order valence-corrected chi connectivity index (χ0v) is 13.6. The van der Waals surface area contributed by atoms with E-state index in [2.05, 4.69) is 0 Å². The SMILES string of the molecule is O=C(c1ccccc1)N1CCN(c2ccc([N+](=O)[O-])cc2Cl)CC1. The molecule has 6 nitrogen and oxygen atoms in total. The van der Waals surface area contributed by atoms with Crippen LogP contribution in [-0.2, 0) is 0 Å². The monoisotopic (exact) mass is 345 g/mol. The molecule has 1 heterocycles. The first-order valence-corrected chi connectivity index (χ1v) is 7.97. The first kappa shape index (κ1) is 16.3. The maximum atomic E-state index is 12.4. The zero-order chi connectivity index (χ0) is 17.1. The molecule has 1 aliphatic heterocycles. The zero-order valence-electron chi connectivity index (χ0n) is 12.9. The molecule has 3 rings (SSSR count). The number of carbonyl (C=O) groups excluding carboxylic acids is 1.